The monoisotopic (exact) mass is 418 g/mol. The summed E-state index contributed by atoms with van der Waals surface area (Å²) in [7, 11) is 1.39. The molecular formula is C25H30N4O2. The van der Waals surface area contributed by atoms with Gasteiger partial charge in [-0.15, -0.1) is 0 Å². The van der Waals surface area contributed by atoms with Crippen LogP contribution >= 0.6 is 0 Å². The SMILES string of the molecule is COC(=O)c1cccc(-c2cccnc2CN(CCCCN)Cc2ncccc2C)c1. The van der Waals surface area contributed by atoms with Gasteiger partial charge >= 0.3 is 5.97 Å². The smallest absolute Gasteiger partial charge is 0.337 e. The largest absolute Gasteiger partial charge is 0.465 e. The molecule has 2 heterocycles. The summed E-state index contributed by atoms with van der Waals surface area (Å²) < 4.78 is 4.87. The maximum Gasteiger partial charge on any atom is 0.337 e. The molecule has 31 heavy (non-hydrogen) atoms. The average molecular weight is 419 g/mol. The van der Waals surface area contributed by atoms with Gasteiger partial charge < -0.3 is 10.5 Å². The van der Waals surface area contributed by atoms with Crippen LogP contribution in [0.5, 0.6) is 0 Å². The number of aromatic nitrogens is 2. The zero-order chi connectivity index (χ0) is 22.1. The molecule has 0 saturated heterocycles. The van der Waals surface area contributed by atoms with E-state index < -0.39 is 0 Å². The average Bonchev–Trinajstić information content (AvgIpc) is 2.80. The molecule has 6 nitrogen and oxygen atoms in total. The number of nitrogens with two attached hydrogens (primary N) is 1. The number of ether oxygens (including phenoxy) is 1. The number of methoxy groups -OCH3 is 1. The van der Waals surface area contributed by atoms with E-state index in [1.54, 1.807) is 6.07 Å². The minimum Gasteiger partial charge on any atom is -0.465 e. The first kappa shape index (κ1) is 22.6. The molecule has 1 aromatic carbocycles. The predicted molar refractivity (Wildman–Crippen MR) is 122 cm³/mol. The van der Waals surface area contributed by atoms with E-state index in [9.17, 15) is 4.79 Å². The van der Waals surface area contributed by atoms with Crippen LogP contribution in [-0.2, 0) is 17.8 Å². The molecule has 0 spiro atoms. The first-order valence-corrected chi connectivity index (χ1v) is 10.6. The van der Waals surface area contributed by atoms with E-state index in [2.05, 4.69) is 27.9 Å². The number of hydrogen-bond donors (Lipinski definition) is 1. The first-order chi connectivity index (χ1) is 15.1. The van der Waals surface area contributed by atoms with E-state index in [0.29, 0.717) is 18.7 Å². The highest BCUT2D eigenvalue weighted by molar-refractivity contribution is 5.91. The van der Waals surface area contributed by atoms with E-state index >= 15 is 0 Å². The number of unbranched alkanes of at least 4 members (excludes halogenated alkanes) is 1. The van der Waals surface area contributed by atoms with Crippen molar-refractivity contribution in [2.24, 2.45) is 5.73 Å². The predicted octanol–water partition coefficient (Wildman–Crippen LogP) is 3.98. The number of esters is 1. The van der Waals surface area contributed by atoms with Gasteiger partial charge in [0.25, 0.3) is 0 Å². The second-order valence-corrected chi connectivity index (χ2v) is 7.54. The molecule has 6 heteroatoms. The van der Waals surface area contributed by atoms with Crippen LogP contribution in [0, 0.1) is 6.92 Å². The van der Waals surface area contributed by atoms with Gasteiger partial charge in [-0.05, 0) is 68.2 Å². The van der Waals surface area contributed by atoms with E-state index in [1.807, 2.05) is 48.8 Å². The third-order valence-electron chi connectivity index (χ3n) is 5.28. The van der Waals surface area contributed by atoms with Crippen molar-refractivity contribution in [3.63, 3.8) is 0 Å². The Hall–Kier alpha value is -3.09. The molecule has 0 saturated carbocycles. The Morgan fingerprint density at radius 1 is 1.00 bits per heavy atom. The Morgan fingerprint density at radius 2 is 1.74 bits per heavy atom. The first-order valence-electron chi connectivity index (χ1n) is 10.6. The van der Waals surface area contributed by atoms with Crippen LogP contribution in [0.4, 0.5) is 0 Å². The summed E-state index contributed by atoms with van der Waals surface area (Å²) >= 11 is 0. The van der Waals surface area contributed by atoms with Crippen molar-refractivity contribution in [2.75, 3.05) is 20.2 Å². The minimum atomic E-state index is -0.346. The number of hydrogen-bond acceptors (Lipinski definition) is 6. The molecule has 162 valence electrons. The lowest BCUT2D eigenvalue weighted by Crippen LogP contribution is -2.26. The highest BCUT2D eigenvalue weighted by Gasteiger charge is 2.15. The molecule has 0 aliphatic carbocycles. The maximum absolute atomic E-state index is 12.0. The fourth-order valence-corrected chi connectivity index (χ4v) is 3.56. The summed E-state index contributed by atoms with van der Waals surface area (Å²) in [6, 6.07) is 15.5. The van der Waals surface area contributed by atoms with Crippen molar-refractivity contribution >= 4 is 5.97 Å². The van der Waals surface area contributed by atoms with Gasteiger partial charge in [0.1, 0.15) is 0 Å². The third kappa shape index (κ3) is 6.20. The van der Waals surface area contributed by atoms with Gasteiger partial charge in [-0.25, -0.2) is 4.79 Å². The molecule has 0 atom stereocenters. The van der Waals surface area contributed by atoms with E-state index in [4.69, 9.17) is 10.5 Å². The fraction of sp³-hybridized carbons (Fsp3) is 0.320. The number of carbonyl (C=O) groups is 1. The molecule has 0 unspecified atom stereocenters. The minimum absolute atomic E-state index is 0.346. The normalized spacial score (nSPS) is 11.0. The van der Waals surface area contributed by atoms with E-state index in [-0.39, 0.29) is 5.97 Å². The molecule has 0 aliphatic heterocycles. The van der Waals surface area contributed by atoms with Crippen molar-refractivity contribution in [3.8, 4) is 11.1 Å². The fourth-order valence-electron chi connectivity index (χ4n) is 3.56. The highest BCUT2D eigenvalue weighted by Crippen LogP contribution is 2.25. The molecule has 0 aliphatic rings. The molecule has 2 N–H and O–H groups in total. The zero-order valence-electron chi connectivity index (χ0n) is 18.3. The molecule has 0 amide bonds. The zero-order valence-corrected chi connectivity index (χ0v) is 18.3. The maximum atomic E-state index is 12.0. The van der Waals surface area contributed by atoms with Crippen molar-refractivity contribution in [1.82, 2.24) is 14.9 Å². The summed E-state index contributed by atoms with van der Waals surface area (Å²) in [6.45, 7) is 5.11. The summed E-state index contributed by atoms with van der Waals surface area (Å²) in [4.78, 5) is 23.6. The summed E-state index contributed by atoms with van der Waals surface area (Å²) in [5.74, 6) is -0.346. The number of aryl methyl sites for hydroxylation is 1. The van der Waals surface area contributed by atoms with E-state index in [1.165, 1.54) is 12.7 Å². The molecule has 2 aromatic heterocycles. The quantitative estimate of drug-likeness (QED) is 0.396. The Bertz CT molecular complexity index is 1010. The van der Waals surface area contributed by atoms with Gasteiger partial charge in [0, 0.05) is 31.0 Å². The lowest BCUT2D eigenvalue weighted by atomic mass is 10.0. The summed E-state index contributed by atoms with van der Waals surface area (Å²) in [5, 5.41) is 0. The van der Waals surface area contributed by atoms with Crippen LogP contribution in [0.3, 0.4) is 0 Å². The molecular weight excluding hydrogens is 388 g/mol. The lowest BCUT2D eigenvalue weighted by Gasteiger charge is -2.23. The Morgan fingerprint density at radius 3 is 2.48 bits per heavy atom. The van der Waals surface area contributed by atoms with Crippen LogP contribution in [-0.4, -0.2) is 41.0 Å². The van der Waals surface area contributed by atoms with Gasteiger partial charge in [0.2, 0.25) is 0 Å². The number of benzene rings is 1. The second kappa shape index (κ2) is 11.3. The topological polar surface area (TPSA) is 81.3 Å². The Kier molecular flexibility index (Phi) is 8.27. The third-order valence-corrected chi connectivity index (χ3v) is 5.28. The Balaban J connectivity index is 1.88. The standard InChI is InChI=1S/C25H30N4O2/c1-19-8-6-13-27-23(19)17-29(15-4-3-12-26)18-24-22(11-7-14-28-24)20-9-5-10-21(16-20)25(30)31-2/h5-11,13-14,16H,3-4,12,15,17-18,26H2,1-2H3. The van der Waals surface area contributed by atoms with Crippen LogP contribution in [0.2, 0.25) is 0 Å². The van der Waals surface area contributed by atoms with Gasteiger partial charge in [-0.1, -0.05) is 24.3 Å². The highest BCUT2D eigenvalue weighted by atomic mass is 16.5. The number of rotatable bonds is 10. The van der Waals surface area contributed by atoms with Crippen LogP contribution in [0.25, 0.3) is 11.1 Å². The lowest BCUT2D eigenvalue weighted by molar-refractivity contribution is 0.0601. The van der Waals surface area contributed by atoms with Gasteiger partial charge in [-0.3, -0.25) is 14.9 Å². The van der Waals surface area contributed by atoms with Crippen LogP contribution in [0.15, 0.2) is 60.9 Å². The molecule has 0 radical (unpaired) electrons. The van der Waals surface area contributed by atoms with Crippen molar-refractivity contribution in [2.45, 2.75) is 32.9 Å². The van der Waals surface area contributed by atoms with Gasteiger partial charge in [-0.2, -0.15) is 0 Å². The van der Waals surface area contributed by atoms with Crippen molar-refractivity contribution in [1.29, 1.82) is 0 Å². The second-order valence-electron chi connectivity index (χ2n) is 7.54. The Labute approximate surface area is 184 Å². The summed E-state index contributed by atoms with van der Waals surface area (Å²) in [6.07, 6.45) is 5.65. The molecule has 3 aromatic rings. The summed E-state index contributed by atoms with van der Waals surface area (Å²) in [5.41, 5.74) is 11.4. The molecule has 0 bridgehead atoms. The van der Waals surface area contributed by atoms with Crippen LogP contribution in [0.1, 0.15) is 40.2 Å². The van der Waals surface area contributed by atoms with Gasteiger partial charge in [0.15, 0.2) is 0 Å². The van der Waals surface area contributed by atoms with Crippen LogP contribution < -0.4 is 5.73 Å². The molecule has 0 fully saturated rings. The number of pyridine rings is 2. The number of nitrogens with zero attached hydrogens (tertiary/aromatic N) is 3. The van der Waals surface area contributed by atoms with Crippen molar-refractivity contribution in [3.05, 3.63) is 83.4 Å². The van der Waals surface area contributed by atoms with E-state index in [0.717, 1.165) is 48.4 Å². The van der Waals surface area contributed by atoms with Gasteiger partial charge in [0.05, 0.1) is 24.1 Å². The molecule has 3 rings (SSSR count). The number of carbonyl (C=O) groups excluding carboxylic acids is 1. The van der Waals surface area contributed by atoms with Crippen molar-refractivity contribution < 1.29 is 9.53 Å².